The summed E-state index contributed by atoms with van der Waals surface area (Å²) < 4.78 is 4.76. The molecule has 164 valence electrons. The second-order valence-electron chi connectivity index (χ2n) is 8.26. The largest absolute Gasteiger partial charge is 0.469 e. The normalized spacial score (nSPS) is 22.6. The van der Waals surface area contributed by atoms with Gasteiger partial charge >= 0.3 is 12.0 Å². The first-order valence-electron chi connectivity index (χ1n) is 11.0. The quantitative estimate of drug-likeness (QED) is 0.323. The summed E-state index contributed by atoms with van der Waals surface area (Å²) in [4.78, 5) is 29.1. The topological polar surface area (TPSA) is 49.9 Å². The molecule has 5 nitrogen and oxygen atoms in total. The lowest BCUT2D eigenvalue weighted by atomic mass is 10.0. The monoisotopic (exact) mass is 438 g/mol. The molecule has 2 saturated heterocycles. The highest BCUT2D eigenvalue weighted by Crippen LogP contribution is 2.42. The molecular formula is C25H30N2O3S. The van der Waals surface area contributed by atoms with Crippen molar-refractivity contribution >= 4 is 23.8 Å². The molecule has 0 unspecified atom stereocenters. The van der Waals surface area contributed by atoms with E-state index in [1.807, 2.05) is 48.2 Å². The summed E-state index contributed by atoms with van der Waals surface area (Å²) in [7, 11) is 1.44. The van der Waals surface area contributed by atoms with Gasteiger partial charge in [-0.15, -0.1) is 0 Å². The number of thioether (sulfide) groups is 1. The number of rotatable bonds is 9. The Bertz CT molecular complexity index is 877. The predicted molar refractivity (Wildman–Crippen MR) is 124 cm³/mol. The Labute approximate surface area is 188 Å². The van der Waals surface area contributed by atoms with Crippen LogP contribution in [0.25, 0.3) is 0 Å². The number of carbonyl (C=O) groups excluding carboxylic acids is 2. The van der Waals surface area contributed by atoms with Crippen LogP contribution in [-0.2, 0) is 22.6 Å². The average Bonchev–Trinajstić information content (AvgIpc) is 3.32. The second kappa shape index (κ2) is 10.2. The van der Waals surface area contributed by atoms with Crippen molar-refractivity contribution in [3.05, 3.63) is 71.8 Å². The van der Waals surface area contributed by atoms with Crippen LogP contribution in [0.1, 0.15) is 36.8 Å². The van der Waals surface area contributed by atoms with Crippen LogP contribution in [0.5, 0.6) is 0 Å². The Balaban J connectivity index is 1.49. The molecule has 3 atom stereocenters. The first kappa shape index (κ1) is 21.8. The third-order valence-electron chi connectivity index (χ3n) is 6.25. The van der Waals surface area contributed by atoms with Crippen LogP contribution in [0.15, 0.2) is 60.7 Å². The van der Waals surface area contributed by atoms with Gasteiger partial charge in [-0.3, -0.25) is 4.79 Å². The minimum atomic E-state index is -0.146. The lowest BCUT2D eigenvalue weighted by Gasteiger charge is -2.27. The zero-order valence-corrected chi connectivity index (χ0v) is 18.8. The molecule has 6 heteroatoms. The summed E-state index contributed by atoms with van der Waals surface area (Å²) in [6.45, 7) is 1.30. The standard InChI is InChI=1S/C25H30N2O3S/c1-30-23(28)15-9-8-14-22-24-21(18-31-22)26(16-19-10-4-2-5-11-19)25(29)27(24)17-20-12-6-3-7-13-20/h2-7,10-13,21-22,24H,8-9,14-18H2,1H3/t21-,22-,24-/m1/s1. The van der Waals surface area contributed by atoms with E-state index in [0.29, 0.717) is 24.8 Å². The first-order valence-corrected chi connectivity index (χ1v) is 12.1. The van der Waals surface area contributed by atoms with Gasteiger partial charge in [0, 0.05) is 30.5 Å². The van der Waals surface area contributed by atoms with Crippen LogP contribution in [0, 0.1) is 0 Å². The minimum absolute atomic E-state index is 0.141. The van der Waals surface area contributed by atoms with Crippen molar-refractivity contribution in [2.45, 2.75) is 56.1 Å². The molecule has 2 aliphatic heterocycles. The number of hydrogen-bond acceptors (Lipinski definition) is 4. The van der Waals surface area contributed by atoms with Crippen LogP contribution in [0.4, 0.5) is 4.79 Å². The van der Waals surface area contributed by atoms with Gasteiger partial charge in [0.05, 0.1) is 19.2 Å². The number of hydrogen-bond donors (Lipinski definition) is 0. The molecule has 0 aromatic heterocycles. The predicted octanol–water partition coefficient (Wildman–Crippen LogP) is 4.71. The van der Waals surface area contributed by atoms with Crippen LogP contribution in [0.2, 0.25) is 0 Å². The molecule has 4 rings (SSSR count). The fraction of sp³-hybridized carbons (Fsp3) is 0.440. The van der Waals surface area contributed by atoms with Crippen LogP contribution < -0.4 is 0 Å². The van der Waals surface area contributed by atoms with Crippen molar-refractivity contribution in [3.8, 4) is 0 Å². The molecule has 2 amide bonds. The number of carbonyl (C=O) groups is 2. The molecule has 0 saturated carbocycles. The van der Waals surface area contributed by atoms with Gasteiger partial charge in [-0.1, -0.05) is 67.1 Å². The van der Waals surface area contributed by atoms with E-state index >= 15 is 0 Å². The Morgan fingerprint density at radius 1 is 0.968 bits per heavy atom. The number of ether oxygens (including phenoxy) is 1. The maximum atomic E-state index is 13.5. The van der Waals surface area contributed by atoms with Crippen molar-refractivity contribution < 1.29 is 14.3 Å². The van der Waals surface area contributed by atoms with Crippen molar-refractivity contribution in [2.75, 3.05) is 12.9 Å². The molecule has 31 heavy (non-hydrogen) atoms. The third kappa shape index (κ3) is 5.06. The number of fused-ring (bicyclic) bond motifs is 1. The number of amides is 2. The molecular weight excluding hydrogens is 408 g/mol. The highest BCUT2D eigenvalue weighted by Gasteiger charge is 2.52. The Hall–Kier alpha value is -2.47. The number of nitrogens with zero attached hydrogens (tertiary/aromatic N) is 2. The van der Waals surface area contributed by atoms with Gasteiger partial charge in [0.2, 0.25) is 0 Å². The van der Waals surface area contributed by atoms with Crippen molar-refractivity contribution in [3.63, 3.8) is 0 Å². The van der Waals surface area contributed by atoms with Crippen molar-refractivity contribution in [2.24, 2.45) is 0 Å². The Morgan fingerprint density at radius 2 is 1.58 bits per heavy atom. The van der Waals surface area contributed by atoms with Crippen molar-refractivity contribution in [1.82, 2.24) is 9.80 Å². The zero-order chi connectivity index (χ0) is 21.6. The molecule has 0 radical (unpaired) electrons. The van der Waals surface area contributed by atoms with E-state index in [0.717, 1.165) is 30.6 Å². The number of urea groups is 1. The van der Waals surface area contributed by atoms with Crippen LogP contribution in [-0.4, -0.2) is 52.0 Å². The van der Waals surface area contributed by atoms with Crippen LogP contribution >= 0.6 is 11.8 Å². The van der Waals surface area contributed by atoms with Gasteiger partial charge in [0.1, 0.15) is 0 Å². The van der Waals surface area contributed by atoms with Gasteiger partial charge in [-0.2, -0.15) is 11.8 Å². The average molecular weight is 439 g/mol. The molecule has 2 aliphatic rings. The maximum Gasteiger partial charge on any atom is 0.321 e. The fourth-order valence-electron chi connectivity index (χ4n) is 4.67. The molecule has 0 spiro atoms. The van der Waals surface area contributed by atoms with Gasteiger partial charge < -0.3 is 14.5 Å². The van der Waals surface area contributed by atoms with E-state index in [-0.39, 0.29) is 24.1 Å². The van der Waals surface area contributed by atoms with Gasteiger partial charge in [-0.05, 0) is 24.0 Å². The highest BCUT2D eigenvalue weighted by atomic mass is 32.2. The van der Waals surface area contributed by atoms with Gasteiger partial charge in [0.15, 0.2) is 0 Å². The lowest BCUT2D eigenvalue weighted by Crippen LogP contribution is -2.40. The summed E-state index contributed by atoms with van der Waals surface area (Å²) in [5.74, 6) is 0.823. The number of benzene rings is 2. The molecule has 0 N–H and O–H groups in total. The summed E-state index contributed by atoms with van der Waals surface area (Å²) in [6.07, 6.45) is 3.29. The summed E-state index contributed by atoms with van der Waals surface area (Å²) in [5, 5.41) is 0.399. The Kier molecular flexibility index (Phi) is 7.17. The second-order valence-corrected chi connectivity index (χ2v) is 9.53. The number of methoxy groups -OCH3 is 1. The summed E-state index contributed by atoms with van der Waals surface area (Å²) in [6, 6.07) is 21.1. The van der Waals surface area contributed by atoms with E-state index < -0.39 is 0 Å². The van der Waals surface area contributed by atoms with Crippen LogP contribution in [0.3, 0.4) is 0 Å². The summed E-state index contributed by atoms with van der Waals surface area (Å²) in [5.41, 5.74) is 2.33. The summed E-state index contributed by atoms with van der Waals surface area (Å²) >= 11 is 1.98. The highest BCUT2D eigenvalue weighted by molar-refractivity contribution is 8.00. The molecule has 2 aromatic rings. The van der Waals surface area contributed by atoms with Crippen molar-refractivity contribution in [1.29, 1.82) is 0 Å². The molecule has 2 heterocycles. The number of esters is 1. The van der Waals surface area contributed by atoms with Gasteiger partial charge in [-0.25, -0.2) is 4.79 Å². The molecule has 2 fully saturated rings. The minimum Gasteiger partial charge on any atom is -0.469 e. The maximum absolute atomic E-state index is 13.5. The fourth-order valence-corrected chi connectivity index (χ4v) is 6.35. The smallest absolute Gasteiger partial charge is 0.321 e. The molecule has 0 aliphatic carbocycles. The third-order valence-corrected chi connectivity index (χ3v) is 7.72. The lowest BCUT2D eigenvalue weighted by molar-refractivity contribution is -0.140. The first-order chi connectivity index (χ1) is 15.2. The van der Waals surface area contributed by atoms with E-state index in [2.05, 4.69) is 34.1 Å². The molecule has 2 aromatic carbocycles. The van der Waals surface area contributed by atoms with Gasteiger partial charge in [0.25, 0.3) is 0 Å². The zero-order valence-electron chi connectivity index (χ0n) is 18.0. The SMILES string of the molecule is COC(=O)CCCC[C@H]1SC[C@@H]2[C@H]1N(Cc1ccccc1)C(=O)N2Cc1ccccc1. The Morgan fingerprint density at radius 3 is 2.19 bits per heavy atom. The van der Waals surface area contributed by atoms with E-state index in [9.17, 15) is 9.59 Å². The van der Waals surface area contributed by atoms with E-state index in [4.69, 9.17) is 4.74 Å². The van der Waals surface area contributed by atoms with E-state index in [1.54, 1.807) is 0 Å². The number of unbranched alkanes of at least 4 members (excludes halogenated alkanes) is 1. The van der Waals surface area contributed by atoms with E-state index in [1.165, 1.54) is 12.7 Å². The molecule has 0 bridgehead atoms.